The lowest BCUT2D eigenvalue weighted by atomic mass is 9.90. The minimum Gasteiger partial charge on any atom is -0.497 e. The summed E-state index contributed by atoms with van der Waals surface area (Å²) in [6.07, 6.45) is 3.12. The van der Waals surface area contributed by atoms with Crippen molar-refractivity contribution in [2.24, 2.45) is 5.92 Å². The second-order valence-electron chi connectivity index (χ2n) is 4.90. The van der Waals surface area contributed by atoms with Gasteiger partial charge in [0, 0.05) is 0 Å². The molecule has 0 aliphatic carbocycles. The van der Waals surface area contributed by atoms with Gasteiger partial charge >= 0.3 is 0 Å². The van der Waals surface area contributed by atoms with Crippen molar-refractivity contribution in [1.29, 1.82) is 0 Å². The molecule has 1 heteroatoms. The molecular formula is C18H21O. The predicted molar refractivity (Wildman–Crippen MR) is 80.3 cm³/mol. The topological polar surface area (TPSA) is 9.23 Å². The second-order valence-corrected chi connectivity index (χ2v) is 4.90. The summed E-state index contributed by atoms with van der Waals surface area (Å²) in [5, 5.41) is 0. The minimum absolute atomic E-state index is 0.593. The van der Waals surface area contributed by atoms with E-state index in [1.165, 1.54) is 11.1 Å². The lowest BCUT2D eigenvalue weighted by Crippen LogP contribution is -2.07. The van der Waals surface area contributed by atoms with Crippen molar-refractivity contribution >= 4 is 0 Å². The Hall–Kier alpha value is -1.76. The average molecular weight is 253 g/mol. The van der Waals surface area contributed by atoms with Crippen molar-refractivity contribution in [2.45, 2.75) is 19.3 Å². The van der Waals surface area contributed by atoms with Gasteiger partial charge in [-0.25, -0.2) is 0 Å². The van der Waals surface area contributed by atoms with E-state index in [4.69, 9.17) is 4.74 Å². The molecule has 1 atom stereocenters. The Morgan fingerprint density at radius 1 is 0.895 bits per heavy atom. The number of hydrogen-bond acceptors (Lipinski definition) is 1. The van der Waals surface area contributed by atoms with E-state index in [1.54, 1.807) is 7.11 Å². The molecule has 0 aliphatic heterocycles. The van der Waals surface area contributed by atoms with Crippen LogP contribution in [0.2, 0.25) is 0 Å². The maximum atomic E-state index is 5.18. The van der Waals surface area contributed by atoms with E-state index in [2.05, 4.69) is 49.4 Å². The van der Waals surface area contributed by atoms with Crippen LogP contribution in [0.1, 0.15) is 17.5 Å². The molecule has 0 amide bonds. The average Bonchev–Trinajstić information content (AvgIpc) is 2.48. The highest BCUT2D eigenvalue weighted by atomic mass is 16.5. The van der Waals surface area contributed by atoms with Gasteiger partial charge in [0.2, 0.25) is 0 Å². The molecular weight excluding hydrogens is 232 g/mol. The number of methoxy groups -OCH3 is 1. The SMILES string of the molecule is [CH2]CC(Cc1ccccc1)Cc1ccc(OC)cc1. The van der Waals surface area contributed by atoms with Crippen molar-refractivity contribution in [2.75, 3.05) is 7.11 Å². The summed E-state index contributed by atoms with van der Waals surface area (Å²) < 4.78 is 5.18. The molecule has 0 aliphatic rings. The van der Waals surface area contributed by atoms with Gasteiger partial charge in [-0.05, 0) is 48.4 Å². The molecule has 0 saturated carbocycles. The molecule has 0 heterocycles. The fourth-order valence-corrected chi connectivity index (χ4v) is 2.32. The van der Waals surface area contributed by atoms with Crippen LogP contribution in [0.25, 0.3) is 0 Å². The highest BCUT2D eigenvalue weighted by molar-refractivity contribution is 5.27. The Morgan fingerprint density at radius 3 is 2.00 bits per heavy atom. The van der Waals surface area contributed by atoms with Gasteiger partial charge in [-0.15, -0.1) is 0 Å². The molecule has 2 aromatic carbocycles. The quantitative estimate of drug-likeness (QED) is 0.745. The minimum atomic E-state index is 0.593. The van der Waals surface area contributed by atoms with E-state index in [-0.39, 0.29) is 0 Å². The summed E-state index contributed by atoms with van der Waals surface area (Å²) in [5.74, 6) is 1.51. The van der Waals surface area contributed by atoms with Gasteiger partial charge in [0.05, 0.1) is 7.11 Å². The third-order valence-electron chi connectivity index (χ3n) is 3.46. The van der Waals surface area contributed by atoms with E-state index < -0.39 is 0 Å². The summed E-state index contributed by atoms with van der Waals surface area (Å²) in [6.45, 7) is 4.09. The summed E-state index contributed by atoms with van der Waals surface area (Å²) in [7, 11) is 1.70. The van der Waals surface area contributed by atoms with Gasteiger partial charge < -0.3 is 4.74 Å². The number of rotatable bonds is 6. The third-order valence-corrected chi connectivity index (χ3v) is 3.46. The smallest absolute Gasteiger partial charge is 0.118 e. The van der Waals surface area contributed by atoms with Gasteiger partial charge in [0.25, 0.3) is 0 Å². The van der Waals surface area contributed by atoms with Gasteiger partial charge in [0.15, 0.2) is 0 Å². The molecule has 1 radical (unpaired) electrons. The van der Waals surface area contributed by atoms with Gasteiger partial charge in [0.1, 0.15) is 5.75 Å². The van der Waals surface area contributed by atoms with E-state index in [0.29, 0.717) is 5.92 Å². The predicted octanol–water partition coefficient (Wildman–Crippen LogP) is 4.32. The monoisotopic (exact) mass is 253 g/mol. The van der Waals surface area contributed by atoms with Gasteiger partial charge in [-0.3, -0.25) is 0 Å². The highest BCUT2D eigenvalue weighted by Crippen LogP contribution is 2.19. The second kappa shape index (κ2) is 6.98. The number of ether oxygens (including phenoxy) is 1. The van der Waals surface area contributed by atoms with Crippen LogP contribution in [0.15, 0.2) is 54.6 Å². The van der Waals surface area contributed by atoms with Crippen LogP contribution >= 0.6 is 0 Å². The third kappa shape index (κ3) is 4.13. The van der Waals surface area contributed by atoms with E-state index in [9.17, 15) is 0 Å². The zero-order valence-electron chi connectivity index (χ0n) is 11.5. The first kappa shape index (κ1) is 13.7. The Bertz CT molecular complexity index is 473. The molecule has 1 unspecified atom stereocenters. The first-order chi connectivity index (χ1) is 9.31. The van der Waals surface area contributed by atoms with Crippen LogP contribution in [0.4, 0.5) is 0 Å². The zero-order valence-corrected chi connectivity index (χ0v) is 11.5. The number of benzene rings is 2. The maximum absolute atomic E-state index is 5.18. The lowest BCUT2D eigenvalue weighted by Gasteiger charge is -2.15. The normalized spacial score (nSPS) is 12.1. The standard InChI is InChI=1S/C18H21O/c1-3-15(13-16-7-5-4-6-8-16)14-17-9-11-18(19-2)12-10-17/h4-12,15H,1,3,13-14H2,2H3. The largest absolute Gasteiger partial charge is 0.497 e. The molecule has 0 aromatic heterocycles. The summed E-state index contributed by atoms with van der Waals surface area (Å²) in [4.78, 5) is 0. The maximum Gasteiger partial charge on any atom is 0.118 e. The Morgan fingerprint density at radius 2 is 1.47 bits per heavy atom. The number of hydrogen-bond donors (Lipinski definition) is 0. The van der Waals surface area contributed by atoms with E-state index >= 15 is 0 Å². The van der Waals surface area contributed by atoms with Crippen molar-refractivity contribution in [1.82, 2.24) is 0 Å². The molecule has 19 heavy (non-hydrogen) atoms. The molecule has 0 bridgehead atoms. The van der Waals surface area contributed by atoms with E-state index in [1.807, 2.05) is 12.1 Å². The van der Waals surface area contributed by atoms with Crippen molar-refractivity contribution in [3.63, 3.8) is 0 Å². The van der Waals surface area contributed by atoms with E-state index in [0.717, 1.165) is 25.0 Å². The lowest BCUT2D eigenvalue weighted by molar-refractivity contribution is 0.414. The zero-order chi connectivity index (χ0) is 13.5. The molecule has 1 nitrogen and oxygen atoms in total. The Kier molecular flexibility index (Phi) is 5.02. The molecule has 2 aromatic rings. The fourth-order valence-electron chi connectivity index (χ4n) is 2.32. The highest BCUT2D eigenvalue weighted by Gasteiger charge is 2.08. The van der Waals surface area contributed by atoms with Crippen LogP contribution in [-0.2, 0) is 12.8 Å². The molecule has 0 N–H and O–H groups in total. The van der Waals surface area contributed by atoms with Crippen LogP contribution in [0, 0.1) is 12.8 Å². The molecule has 0 saturated heterocycles. The van der Waals surface area contributed by atoms with Crippen molar-refractivity contribution in [3.05, 3.63) is 72.6 Å². The van der Waals surface area contributed by atoms with Gasteiger partial charge in [-0.1, -0.05) is 49.4 Å². The fraction of sp³-hybridized carbons (Fsp3) is 0.278. The van der Waals surface area contributed by atoms with Crippen LogP contribution in [-0.4, -0.2) is 7.11 Å². The Balaban J connectivity index is 1.98. The molecule has 2 rings (SSSR count). The van der Waals surface area contributed by atoms with Crippen molar-refractivity contribution in [3.8, 4) is 5.75 Å². The molecule has 0 spiro atoms. The molecule has 99 valence electrons. The van der Waals surface area contributed by atoms with Crippen LogP contribution in [0.5, 0.6) is 5.75 Å². The summed E-state index contributed by atoms with van der Waals surface area (Å²) in [5.41, 5.74) is 2.75. The summed E-state index contributed by atoms with van der Waals surface area (Å²) in [6, 6.07) is 19.0. The van der Waals surface area contributed by atoms with Crippen LogP contribution in [0.3, 0.4) is 0 Å². The first-order valence-corrected chi connectivity index (χ1v) is 6.78. The van der Waals surface area contributed by atoms with Crippen molar-refractivity contribution < 1.29 is 4.74 Å². The van der Waals surface area contributed by atoms with Crippen LogP contribution < -0.4 is 4.74 Å². The van der Waals surface area contributed by atoms with Gasteiger partial charge in [-0.2, -0.15) is 0 Å². The Labute approximate surface area is 116 Å². The first-order valence-electron chi connectivity index (χ1n) is 6.78. The molecule has 0 fully saturated rings. The summed E-state index contributed by atoms with van der Waals surface area (Å²) >= 11 is 0.